The lowest BCUT2D eigenvalue weighted by Gasteiger charge is -2.19. The first-order chi connectivity index (χ1) is 14.6. The molecule has 2 aromatic carbocycles. The Morgan fingerprint density at radius 3 is 2.23 bits per heavy atom. The van der Waals surface area contributed by atoms with Crippen LogP contribution in [0.2, 0.25) is 0 Å². The second-order valence-electron chi connectivity index (χ2n) is 6.81. The molecule has 1 saturated heterocycles. The first-order valence-electron chi connectivity index (χ1n) is 9.70. The molecule has 1 aliphatic rings. The van der Waals surface area contributed by atoms with Crippen molar-refractivity contribution in [2.24, 2.45) is 5.73 Å². The van der Waals surface area contributed by atoms with Gasteiger partial charge in [0.25, 0.3) is 5.91 Å². The molecule has 2 heterocycles. The van der Waals surface area contributed by atoms with E-state index in [2.05, 4.69) is 16.4 Å². The van der Waals surface area contributed by atoms with Crippen molar-refractivity contribution in [1.82, 2.24) is 15.1 Å². The van der Waals surface area contributed by atoms with E-state index in [1.807, 2.05) is 35.2 Å². The van der Waals surface area contributed by atoms with Gasteiger partial charge in [0.2, 0.25) is 0 Å². The zero-order valence-electron chi connectivity index (χ0n) is 16.5. The average Bonchev–Trinajstić information content (AvgIpc) is 3.18. The summed E-state index contributed by atoms with van der Waals surface area (Å²) in [6.45, 7) is 1.97. The highest BCUT2D eigenvalue weighted by Gasteiger charge is 2.17. The Hall–Kier alpha value is -3.99. The Morgan fingerprint density at radius 1 is 1.03 bits per heavy atom. The minimum absolute atomic E-state index is 0.0899. The lowest BCUT2D eigenvalue weighted by Crippen LogP contribution is -2.24. The summed E-state index contributed by atoms with van der Waals surface area (Å²) in [5, 5.41) is 14.9. The average molecular weight is 404 g/mol. The number of carbonyl (C=O) groups excluding carboxylic acids is 1. The van der Waals surface area contributed by atoms with E-state index in [4.69, 9.17) is 21.5 Å². The number of nitriles is 1. The minimum Gasteiger partial charge on any atom is -0.457 e. The summed E-state index contributed by atoms with van der Waals surface area (Å²) < 4.78 is 5.71. The molecule has 0 bridgehead atoms. The molecule has 0 aliphatic carbocycles. The Kier molecular flexibility index (Phi) is 6.90. The van der Waals surface area contributed by atoms with Crippen LogP contribution in [0.15, 0.2) is 54.6 Å². The molecular weight excluding hydrogens is 380 g/mol. The van der Waals surface area contributed by atoms with Crippen molar-refractivity contribution in [3.05, 3.63) is 60.2 Å². The van der Waals surface area contributed by atoms with E-state index in [1.165, 1.54) is 19.3 Å². The molecule has 0 saturated carbocycles. The number of aromatic amines is 1. The van der Waals surface area contributed by atoms with Crippen LogP contribution in [-0.4, -0.2) is 34.1 Å². The highest BCUT2D eigenvalue weighted by atomic mass is 16.5. The van der Waals surface area contributed by atoms with Gasteiger partial charge in [-0.05, 0) is 55.7 Å². The molecule has 0 spiro atoms. The van der Waals surface area contributed by atoms with Gasteiger partial charge in [0, 0.05) is 18.7 Å². The van der Waals surface area contributed by atoms with E-state index < -0.39 is 5.91 Å². The predicted molar refractivity (Wildman–Crippen MR) is 115 cm³/mol. The Balaban J connectivity index is 0.000000269. The number of nitrogens with one attached hydrogen (secondary N) is 1. The van der Waals surface area contributed by atoms with Crippen LogP contribution < -0.4 is 16.2 Å². The van der Waals surface area contributed by atoms with Gasteiger partial charge >= 0.3 is 0 Å². The van der Waals surface area contributed by atoms with Gasteiger partial charge in [-0.3, -0.25) is 9.89 Å². The maximum atomic E-state index is 11.4. The van der Waals surface area contributed by atoms with Gasteiger partial charge < -0.3 is 21.1 Å². The molecule has 3 aromatic rings. The van der Waals surface area contributed by atoms with Crippen LogP contribution in [-0.2, 0) is 0 Å². The summed E-state index contributed by atoms with van der Waals surface area (Å²) >= 11 is 0. The number of ether oxygens (including phenoxy) is 1. The van der Waals surface area contributed by atoms with Crippen molar-refractivity contribution in [3.8, 4) is 28.9 Å². The lowest BCUT2D eigenvalue weighted by molar-refractivity contribution is 0.100. The zero-order chi connectivity index (χ0) is 21.3. The molecule has 8 nitrogen and oxygen atoms in total. The number of hydrogen-bond donors (Lipinski definition) is 3. The molecule has 0 radical (unpaired) electrons. The second-order valence-corrected chi connectivity index (χ2v) is 6.81. The number of amides is 1. The van der Waals surface area contributed by atoms with Crippen molar-refractivity contribution in [2.45, 2.75) is 19.3 Å². The summed E-state index contributed by atoms with van der Waals surface area (Å²) in [5.74, 6) is 0.903. The normalized spacial score (nSPS) is 13.0. The van der Waals surface area contributed by atoms with Crippen LogP contribution in [0.25, 0.3) is 11.3 Å². The maximum Gasteiger partial charge on any atom is 0.254 e. The van der Waals surface area contributed by atoms with Gasteiger partial charge in [0.1, 0.15) is 17.1 Å². The number of piperidine rings is 1. The Labute approximate surface area is 175 Å². The van der Waals surface area contributed by atoms with Crippen molar-refractivity contribution in [1.29, 1.82) is 5.26 Å². The number of hydrogen-bond acceptors (Lipinski definition) is 6. The van der Waals surface area contributed by atoms with Crippen LogP contribution >= 0.6 is 0 Å². The van der Waals surface area contributed by atoms with Gasteiger partial charge in [-0.2, -0.15) is 10.4 Å². The first kappa shape index (κ1) is 20.7. The van der Waals surface area contributed by atoms with Crippen molar-refractivity contribution in [2.75, 3.05) is 18.8 Å². The number of likely N-dealkylation sites (tertiary alicyclic amines) is 1. The number of nitrogen functional groups attached to an aromatic ring is 1. The van der Waals surface area contributed by atoms with E-state index in [0.717, 1.165) is 24.4 Å². The fraction of sp³-hybridized carbons (Fsp3) is 0.227. The molecule has 0 atom stereocenters. The van der Waals surface area contributed by atoms with Crippen molar-refractivity contribution in [3.63, 3.8) is 0 Å². The molecule has 1 amide bonds. The monoisotopic (exact) mass is 404 g/mol. The summed E-state index contributed by atoms with van der Waals surface area (Å²) in [6, 6.07) is 16.7. The number of anilines is 1. The number of aromatic nitrogens is 2. The van der Waals surface area contributed by atoms with Crippen LogP contribution in [0, 0.1) is 11.5 Å². The van der Waals surface area contributed by atoms with E-state index >= 15 is 0 Å². The van der Waals surface area contributed by atoms with Crippen molar-refractivity contribution >= 4 is 11.7 Å². The lowest BCUT2D eigenvalue weighted by atomic mass is 10.1. The first-order valence-corrected chi connectivity index (χ1v) is 9.70. The van der Waals surface area contributed by atoms with E-state index in [1.54, 1.807) is 24.3 Å². The molecule has 1 aliphatic heterocycles. The van der Waals surface area contributed by atoms with Gasteiger partial charge in [-0.15, -0.1) is 0 Å². The largest absolute Gasteiger partial charge is 0.457 e. The van der Waals surface area contributed by atoms with E-state index in [-0.39, 0.29) is 11.4 Å². The number of rotatable bonds is 4. The topological polar surface area (TPSA) is 134 Å². The van der Waals surface area contributed by atoms with Gasteiger partial charge in [-0.1, -0.05) is 18.2 Å². The van der Waals surface area contributed by atoms with Gasteiger partial charge in [0.05, 0.1) is 5.69 Å². The molecule has 4 rings (SSSR count). The second kappa shape index (κ2) is 9.98. The fourth-order valence-electron chi connectivity index (χ4n) is 3.12. The third-order valence-electron chi connectivity index (χ3n) is 4.66. The third kappa shape index (κ3) is 5.29. The van der Waals surface area contributed by atoms with Gasteiger partial charge in [0.15, 0.2) is 12.0 Å². The standard InChI is InChI=1S/C16H14N4O2.C6H10N2/c17-15-13(16(18)21)14(19-20-15)10-6-8-12(9-7-10)22-11-4-2-1-3-5-11;7-6-8-4-2-1-3-5-8/h1-9H,(H2,18,21)(H3,17,19,20);1-5H2. The maximum absolute atomic E-state index is 11.4. The number of benzene rings is 2. The Bertz CT molecular complexity index is 1000. The minimum atomic E-state index is -0.620. The quantitative estimate of drug-likeness (QED) is 0.570. The zero-order valence-corrected chi connectivity index (χ0v) is 16.5. The molecule has 5 N–H and O–H groups in total. The van der Waals surface area contributed by atoms with Crippen LogP contribution in [0.5, 0.6) is 11.5 Å². The highest BCUT2D eigenvalue weighted by molar-refractivity contribution is 6.03. The smallest absolute Gasteiger partial charge is 0.254 e. The third-order valence-corrected chi connectivity index (χ3v) is 4.66. The highest BCUT2D eigenvalue weighted by Crippen LogP contribution is 2.28. The number of nitrogens with two attached hydrogens (primary N) is 2. The molecule has 0 unspecified atom stereocenters. The molecular formula is C22H24N6O2. The summed E-state index contributed by atoms with van der Waals surface area (Å²) in [5.41, 5.74) is 12.4. The number of carbonyl (C=O) groups is 1. The molecule has 1 aromatic heterocycles. The van der Waals surface area contributed by atoms with Crippen molar-refractivity contribution < 1.29 is 9.53 Å². The number of para-hydroxylation sites is 1. The summed E-state index contributed by atoms with van der Waals surface area (Å²) in [7, 11) is 0. The Morgan fingerprint density at radius 2 is 1.67 bits per heavy atom. The molecule has 8 heteroatoms. The summed E-state index contributed by atoms with van der Waals surface area (Å²) in [6.07, 6.45) is 5.84. The van der Waals surface area contributed by atoms with Crippen LogP contribution in [0.3, 0.4) is 0 Å². The SMILES string of the molecule is N#CN1CCCCC1.NC(=O)c1c(N)n[nH]c1-c1ccc(Oc2ccccc2)cc1. The number of primary amides is 1. The molecule has 30 heavy (non-hydrogen) atoms. The van der Waals surface area contributed by atoms with E-state index in [9.17, 15) is 4.79 Å². The summed E-state index contributed by atoms with van der Waals surface area (Å²) in [4.78, 5) is 13.3. The fourth-order valence-corrected chi connectivity index (χ4v) is 3.12. The van der Waals surface area contributed by atoms with Crippen LogP contribution in [0.4, 0.5) is 5.82 Å². The number of nitrogens with zero attached hydrogens (tertiary/aromatic N) is 3. The number of H-pyrrole nitrogens is 1. The van der Waals surface area contributed by atoms with Crippen LogP contribution in [0.1, 0.15) is 29.6 Å². The molecule has 154 valence electrons. The van der Waals surface area contributed by atoms with E-state index in [0.29, 0.717) is 11.4 Å². The predicted octanol–water partition coefficient (Wildman–Crippen LogP) is 3.50. The molecule has 1 fully saturated rings. The van der Waals surface area contributed by atoms with Gasteiger partial charge in [-0.25, -0.2) is 0 Å².